The maximum absolute atomic E-state index is 15.0. The predicted molar refractivity (Wildman–Crippen MR) is 250 cm³/mol. The summed E-state index contributed by atoms with van der Waals surface area (Å²) in [5.41, 5.74) is -0.942. The van der Waals surface area contributed by atoms with Crippen molar-refractivity contribution in [3.05, 3.63) is 251 Å². The summed E-state index contributed by atoms with van der Waals surface area (Å²) in [5.74, 6) is -0.412. The van der Waals surface area contributed by atoms with Gasteiger partial charge in [-0.05, 0) is 138 Å². The van der Waals surface area contributed by atoms with Gasteiger partial charge < -0.3 is 9.47 Å². The lowest BCUT2D eigenvalue weighted by Gasteiger charge is -2.38. The zero-order valence-corrected chi connectivity index (χ0v) is 36.8. The molecule has 0 saturated carbocycles. The summed E-state index contributed by atoms with van der Waals surface area (Å²) in [4.78, 5) is 40.3. The lowest BCUT2D eigenvalue weighted by atomic mass is 9.73. The molecule has 0 saturated heterocycles. The third kappa shape index (κ3) is 9.54. The van der Waals surface area contributed by atoms with E-state index in [-0.39, 0.29) is 40.3 Å². The molecular weight excluding hydrogens is 899 g/mol. The predicted octanol–water partition coefficient (Wildman–Crippen LogP) is 14.8. The van der Waals surface area contributed by atoms with Crippen LogP contribution in [-0.2, 0) is 5.41 Å². The largest absolute Gasteiger partial charge is 0.457 e. The molecule has 0 spiro atoms. The van der Waals surface area contributed by atoms with Crippen LogP contribution in [0.25, 0.3) is 11.1 Å². The normalized spacial score (nSPS) is 11.8. The number of thiol groups is 1. The number of carbonyl (C=O) groups is 3. The molecule has 12 heteroatoms. The van der Waals surface area contributed by atoms with E-state index < -0.39 is 28.9 Å². The molecule has 5 nitrogen and oxygen atoms in total. The SMILES string of the molecule is [CH2+]c1ccc(C(=O)c2ccc(Oc3ccc(C(c4ccc(Oc5ccc(C(=O)c6ccc(-c7ccc(C)c(C(=O)c8ccc(S)cc8)c7)cc6)cc5)cc4)(C(F)(F)F)C(F)(F)F)cc3)cc2)cc1. The lowest BCUT2D eigenvalue weighted by molar-refractivity contribution is -0.288. The molecule has 0 aliphatic rings. The van der Waals surface area contributed by atoms with E-state index in [1.54, 1.807) is 72.8 Å². The highest BCUT2D eigenvalue weighted by molar-refractivity contribution is 7.80. The lowest BCUT2D eigenvalue weighted by Crippen LogP contribution is -2.54. The minimum absolute atomic E-state index is 0.0361. The summed E-state index contributed by atoms with van der Waals surface area (Å²) in [6.07, 6.45) is -11.7. The number of carbonyl (C=O) groups excluding carboxylic acids is 3. The summed E-state index contributed by atoms with van der Waals surface area (Å²) in [6, 6.07) is 44.8. The number of ether oxygens (including phenoxy) is 2. The summed E-state index contributed by atoms with van der Waals surface area (Å²) in [7, 11) is 0. The smallest absolute Gasteiger partial charge is 0.411 e. The molecule has 0 fully saturated rings. The fourth-order valence-corrected chi connectivity index (χ4v) is 7.92. The van der Waals surface area contributed by atoms with E-state index in [1.807, 2.05) is 25.1 Å². The average Bonchev–Trinajstić information content (AvgIpc) is 3.32. The Hall–Kier alpha value is -7.83. The van der Waals surface area contributed by atoms with Crippen LogP contribution in [0, 0.1) is 13.8 Å². The van der Waals surface area contributed by atoms with Crippen LogP contribution in [0.4, 0.5) is 26.3 Å². The summed E-state index contributed by atoms with van der Waals surface area (Å²) in [6.45, 7) is 5.65. The summed E-state index contributed by atoms with van der Waals surface area (Å²) in [5, 5.41) is 0. The Kier molecular flexibility index (Phi) is 12.9. The van der Waals surface area contributed by atoms with Crippen LogP contribution in [0.1, 0.15) is 70.0 Å². The number of ketones is 3. The van der Waals surface area contributed by atoms with E-state index in [4.69, 9.17) is 9.47 Å². The maximum atomic E-state index is 15.0. The van der Waals surface area contributed by atoms with Gasteiger partial charge in [0.25, 0.3) is 0 Å². The molecule has 8 rings (SSSR count). The van der Waals surface area contributed by atoms with Gasteiger partial charge in [0.15, 0.2) is 17.3 Å². The minimum Gasteiger partial charge on any atom is -0.457 e. The van der Waals surface area contributed by atoms with Crippen LogP contribution in [0.2, 0.25) is 0 Å². The van der Waals surface area contributed by atoms with Crippen molar-refractivity contribution in [1.29, 1.82) is 0 Å². The number of alkyl halides is 6. The Morgan fingerprint density at radius 3 is 1.15 bits per heavy atom. The molecule has 338 valence electrons. The van der Waals surface area contributed by atoms with Crippen molar-refractivity contribution in [1.82, 2.24) is 0 Å². The molecule has 8 aromatic rings. The fraction of sp³-hybridized carbons (Fsp3) is 0.0714. The Morgan fingerprint density at radius 2 is 0.750 bits per heavy atom. The standard InChI is InChI=1S/C56H36F6O5S/c1-34-3-6-37(7-4-34)51(63)39-13-23-45(24-14-39)66-47-27-19-43(20-28-47)54(55(57,58)59,56(60,61)62)44-21-29-48(30-22-44)67-46-25-15-40(16-26-46)52(64)38-11-9-36(10-12-38)42-8-5-35(2)50(33-42)53(65)41-17-31-49(68)32-18-41/h3-33H,1H2,2H3/p+1. The van der Waals surface area contributed by atoms with Gasteiger partial charge in [-0.2, -0.15) is 26.3 Å². The Labute approximate surface area is 393 Å². The Bertz CT molecular complexity index is 3090. The number of hydrogen-bond donors (Lipinski definition) is 1. The highest BCUT2D eigenvalue weighted by Crippen LogP contribution is 2.56. The van der Waals surface area contributed by atoms with Crippen LogP contribution >= 0.6 is 12.6 Å². The number of halogens is 6. The molecule has 0 atom stereocenters. The van der Waals surface area contributed by atoms with Crippen LogP contribution < -0.4 is 9.47 Å². The second-order valence-electron chi connectivity index (χ2n) is 15.9. The highest BCUT2D eigenvalue weighted by Gasteiger charge is 2.72. The molecule has 0 aliphatic heterocycles. The fourth-order valence-electron chi connectivity index (χ4n) is 7.77. The van der Waals surface area contributed by atoms with Crippen molar-refractivity contribution in [2.75, 3.05) is 0 Å². The number of benzene rings is 8. The summed E-state index contributed by atoms with van der Waals surface area (Å²) < 4.78 is 101. The first kappa shape index (κ1) is 46.7. The maximum Gasteiger partial charge on any atom is 0.411 e. The van der Waals surface area contributed by atoms with E-state index >= 15 is 0 Å². The molecule has 0 N–H and O–H groups in total. The molecule has 0 aromatic heterocycles. The second kappa shape index (κ2) is 18.8. The third-order valence-electron chi connectivity index (χ3n) is 11.4. The van der Waals surface area contributed by atoms with Gasteiger partial charge in [-0.1, -0.05) is 60.7 Å². The second-order valence-corrected chi connectivity index (χ2v) is 16.4. The monoisotopic (exact) mass is 935 g/mol. The molecule has 0 radical (unpaired) electrons. The first-order chi connectivity index (χ1) is 32.4. The number of hydrogen-bond acceptors (Lipinski definition) is 6. The highest BCUT2D eigenvalue weighted by atomic mass is 32.1. The van der Waals surface area contributed by atoms with Gasteiger partial charge in [-0.25, -0.2) is 0 Å². The van der Waals surface area contributed by atoms with Gasteiger partial charge in [0.2, 0.25) is 5.41 Å². The first-order valence-corrected chi connectivity index (χ1v) is 21.3. The average molecular weight is 936 g/mol. The molecule has 0 aliphatic carbocycles. The van der Waals surface area contributed by atoms with Crippen LogP contribution in [0.3, 0.4) is 0 Å². The number of aryl methyl sites for hydroxylation is 1. The Morgan fingerprint density at radius 1 is 0.426 bits per heavy atom. The molecule has 0 bridgehead atoms. The molecule has 0 heterocycles. The molecule has 0 unspecified atom stereocenters. The van der Waals surface area contributed by atoms with Gasteiger partial charge in [0.05, 0.1) is 0 Å². The zero-order chi connectivity index (χ0) is 48.4. The minimum atomic E-state index is -5.83. The van der Waals surface area contributed by atoms with Crippen molar-refractivity contribution < 1.29 is 50.2 Å². The van der Waals surface area contributed by atoms with E-state index in [2.05, 4.69) is 19.6 Å². The molecule has 0 amide bonds. The molecule has 8 aromatic carbocycles. The van der Waals surface area contributed by atoms with Gasteiger partial charge in [0.1, 0.15) is 28.6 Å². The number of rotatable bonds is 13. The Balaban J connectivity index is 0.944. The van der Waals surface area contributed by atoms with Crippen LogP contribution in [-0.4, -0.2) is 29.7 Å². The first-order valence-electron chi connectivity index (χ1n) is 20.9. The molecule has 68 heavy (non-hydrogen) atoms. The van der Waals surface area contributed by atoms with Gasteiger partial charge >= 0.3 is 12.4 Å². The van der Waals surface area contributed by atoms with Crippen molar-refractivity contribution in [2.45, 2.75) is 29.6 Å². The van der Waals surface area contributed by atoms with Gasteiger partial charge in [-0.15, -0.1) is 12.6 Å². The van der Waals surface area contributed by atoms with E-state index in [0.717, 1.165) is 75.7 Å². The van der Waals surface area contributed by atoms with E-state index in [1.165, 1.54) is 48.5 Å². The summed E-state index contributed by atoms with van der Waals surface area (Å²) >= 11 is 4.29. The molecular formula is C56H37F6O5S+. The van der Waals surface area contributed by atoms with Crippen LogP contribution in [0.5, 0.6) is 23.0 Å². The van der Waals surface area contributed by atoms with Crippen molar-refractivity contribution >= 4 is 30.0 Å². The topological polar surface area (TPSA) is 69.7 Å². The zero-order valence-electron chi connectivity index (χ0n) is 35.9. The van der Waals surface area contributed by atoms with E-state index in [0.29, 0.717) is 33.4 Å². The van der Waals surface area contributed by atoms with Crippen LogP contribution in [0.15, 0.2) is 193 Å². The van der Waals surface area contributed by atoms with Gasteiger partial charge in [0, 0.05) is 69.5 Å². The van der Waals surface area contributed by atoms with Crippen molar-refractivity contribution in [3.8, 4) is 34.1 Å². The van der Waals surface area contributed by atoms with Gasteiger partial charge in [-0.3, -0.25) is 14.4 Å². The quantitative estimate of drug-likeness (QED) is 0.0540. The van der Waals surface area contributed by atoms with Crippen molar-refractivity contribution in [2.24, 2.45) is 0 Å². The third-order valence-corrected chi connectivity index (χ3v) is 11.7. The van der Waals surface area contributed by atoms with E-state index in [9.17, 15) is 40.7 Å². The van der Waals surface area contributed by atoms with Crippen molar-refractivity contribution in [3.63, 3.8) is 0 Å².